The van der Waals surface area contributed by atoms with E-state index in [0.717, 1.165) is 16.7 Å². The fourth-order valence-corrected chi connectivity index (χ4v) is 3.94. The van der Waals surface area contributed by atoms with Crippen LogP contribution in [-0.4, -0.2) is 27.3 Å². The maximum Gasteiger partial charge on any atom is 0.337 e. The SMILES string of the molecule is COC(=O)c1ccc(COc2c(-c3ccc(OC)c(OC)c3)oc3c(C)cc(C)cc3c2=O)cc1. The van der Waals surface area contributed by atoms with E-state index in [1.54, 1.807) is 62.8 Å². The molecule has 1 heterocycles. The van der Waals surface area contributed by atoms with Crippen LogP contribution in [0.3, 0.4) is 0 Å². The minimum atomic E-state index is -0.422. The molecule has 7 heteroatoms. The standard InChI is InChI=1S/C28H26O7/c1-16-12-17(2)25-21(13-16)24(29)27(34-15-18-6-8-19(9-7-18)28(30)33-5)26(35-25)20-10-11-22(31-3)23(14-20)32-4/h6-14H,15H2,1-5H3. The highest BCUT2D eigenvalue weighted by atomic mass is 16.5. The summed E-state index contributed by atoms with van der Waals surface area (Å²) in [5, 5.41) is 0.447. The number of hydrogen-bond donors (Lipinski definition) is 0. The van der Waals surface area contributed by atoms with Gasteiger partial charge in [0.1, 0.15) is 12.2 Å². The van der Waals surface area contributed by atoms with Crippen molar-refractivity contribution in [3.63, 3.8) is 0 Å². The van der Waals surface area contributed by atoms with E-state index in [2.05, 4.69) is 0 Å². The molecule has 0 atom stereocenters. The first-order valence-corrected chi connectivity index (χ1v) is 11.0. The molecule has 0 bridgehead atoms. The van der Waals surface area contributed by atoms with Crippen LogP contribution in [0.2, 0.25) is 0 Å². The van der Waals surface area contributed by atoms with Gasteiger partial charge in [0.15, 0.2) is 17.3 Å². The van der Waals surface area contributed by atoms with Crippen molar-refractivity contribution in [1.29, 1.82) is 0 Å². The second-order valence-electron chi connectivity index (χ2n) is 8.09. The van der Waals surface area contributed by atoms with Gasteiger partial charge in [-0.2, -0.15) is 0 Å². The number of benzene rings is 3. The molecule has 35 heavy (non-hydrogen) atoms. The minimum absolute atomic E-state index is 0.0896. The summed E-state index contributed by atoms with van der Waals surface area (Å²) >= 11 is 0. The van der Waals surface area contributed by atoms with Gasteiger partial charge >= 0.3 is 5.97 Å². The lowest BCUT2D eigenvalue weighted by atomic mass is 10.0. The van der Waals surface area contributed by atoms with Gasteiger partial charge in [0.2, 0.25) is 11.2 Å². The maximum atomic E-state index is 13.6. The molecule has 0 saturated carbocycles. The summed E-state index contributed by atoms with van der Waals surface area (Å²) in [5.41, 5.74) is 3.84. The highest BCUT2D eigenvalue weighted by Gasteiger charge is 2.21. The second kappa shape index (κ2) is 9.93. The molecule has 180 valence electrons. The van der Waals surface area contributed by atoms with Crippen molar-refractivity contribution in [2.45, 2.75) is 20.5 Å². The van der Waals surface area contributed by atoms with E-state index in [1.165, 1.54) is 7.11 Å². The molecular formula is C28H26O7. The van der Waals surface area contributed by atoms with Gasteiger partial charge in [-0.05, 0) is 66.9 Å². The van der Waals surface area contributed by atoms with Crippen LogP contribution in [0, 0.1) is 13.8 Å². The smallest absolute Gasteiger partial charge is 0.337 e. The maximum absolute atomic E-state index is 13.6. The zero-order chi connectivity index (χ0) is 25.1. The molecule has 0 aliphatic rings. The number of fused-ring (bicyclic) bond motifs is 1. The van der Waals surface area contributed by atoms with Crippen LogP contribution in [0.25, 0.3) is 22.3 Å². The van der Waals surface area contributed by atoms with E-state index in [4.69, 9.17) is 23.4 Å². The molecule has 4 aromatic rings. The van der Waals surface area contributed by atoms with E-state index >= 15 is 0 Å². The Labute approximate surface area is 202 Å². The molecule has 0 fully saturated rings. The van der Waals surface area contributed by atoms with Crippen molar-refractivity contribution < 1.29 is 28.2 Å². The minimum Gasteiger partial charge on any atom is -0.493 e. The number of methoxy groups -OCH3 is 3. The Hall–Kier alpha value is -4.26. The zero-order valence-electron chi connectivity index (χ0n) is 20.3. The van der Waals surface area contributed by atoms with Gasteiger partial charge in [-0.3, -0.25) is 4.79 Å². The Bertz CT molecular complexity index is 1450. The molecule has 4 rings (SSSR count). The Morgan fingerprint density at radius 1 is 0.886 bits per heavy atom. The van der Waals surface area contributed by atoms with E-state index in [9.17, 15) is 9.59 Å². The van der Waals surface area contributed by atoms with Crippen molar-refractivity contribution in [1.82, 2.24) is 0 Å². The average Bonchev–Trinajstić information content (AvgIpc) is 2.87. The number of esters is 1. The van der Waals surface area contributed by atoms with Crippen LogP contribution >= 0.6 is 0 Å². The van der Waals surface area contributed by atoms with E-state index in [0.29, 0.717) is 39.4 Å². The first kappa shape index (κ1) is 23.9. The Morgan fingerprint density at radius 3 is 2.26 bits per heavy atom. The van der Waals surface area contributed by atoms with Crippen molar-refractivity contribution in [2.24, 2.45) is 0 Å². The largest absolute Gasteiger partial charge is 0.493 e. The van der Waals surface area contributed by atoms with Crippen LogP contribution < -0.4 is 19.6 Å². The lowest BCUT2D eigenvalue weighted by Gasteiger charge is -2.15. The third-order valence-corrected chi connectivity index (χ3v) is 5.68. The van der Waals surface area contributed by atoms with Gasteiger partial charge in [-0.25, -0.2) is 4.79 Å². The predicted molar refractivity (Wildman–Crippen MR) is 133 cm³/mol. The number of carbonyl (C=O) groups excluding carboxylic acids is 1. The van der Waals surface area contributed by atoms with Gasteiger partial charge in [0.25, 0.3) is 0 Å². The molecule has 0 aliphatic carbocycles. The molecule has 0 unspecified atom stereocenters. The molecule has 1 aromatic heterocycles. The molecule has 0 spiro atoms. The normalized spacial score (nSPS) is 10.8. The van der Waals surface area contributed by atoms with Gasteiger partial charge in [0.05, 0.1) is 32.3 Å². The van der Waals surface area contributed by atoms with Crippen LogP contribution in [0.5, 0.6) is 17.2 Å². The van der Waals surface area contributed by atoms with Gasteiger partial charge in [-0.1, -0.05) is 18.2 Å². The number of rotatable bonds is 7. The zero-order valence-corrected chi connectivity index (χ0v) is 20.3. The van der Waals surface area contributed by atoms with Crippen molar-refractivity contribution in [3.8, 4) is 28.6 Å². The molecule has 0 aliphatic heterocycles. The summed E-state index contributed by atoms with van der Waals surface area (Å²) < 4.78 is 27.9. The summed E-state index contributed by atoms with van der Waals surface area (Å²) in [6, 6.07) is 15.8. The summed E-state index contributed by atoms with van der Waals surface area (Å²) in [4.78, 5) is 25.3. The third kappa shape index (κ3) is 4.71. The lowest BCUT2D eigenvalue weighted by molar-refractivity contribution is 0.0600. The van der Waals surface area contributed by atoms with E-state index in [-0.39, 0.29) is 17.8 Å². The first-order valence-electron chi connectivity index (χ1n) is 11.0. The topological polar surface area (TPSA) is 84.2 Å². The van der Waals surface area contributed by atoms with Gasteiger partial charge < -0.3 is 23.4 Å². The van der Waals surface area contributed by atoms with Crippen LogP contribution in [0.1, 0.15) is 27.0 Å². The van der Waals surface area contributed by atoms with Crippen molar-refractivity contribution >= 4 is 16.9 Å². The molecule has 0 radical (unpaired) electrons. The molecule has 0 N–H and O–H groups in total. The predicted octanol–water partition coefficient (Wildman–Crippen LogP) is 5.46. The fraction of sp³-hybridized carbons (Fsp3) is 0.214. The summed E-state index contributed by atoms with van der Waals surface area (Å²) in [6.07, 6.45) is 0. The van der Waals surface area contributed by atoms with Crippen LogP contribution in [-0.2, 0) is 11.3 Å². The number of carbonyl (C=O) groups is 1. The van der Waals surface area contributed by atoms with Crippen molar-refractivity contribution in [2.75, 3.05) is 21.3 Å². The Kier molecular flexibility index (Phi) is 6.78. The summed E-state index contributed by atoms with van der Waals surface area (Å²) in [7, 11) is 4.43. The highest BCUT2D eigenvalue weighted by molar-refractivity contribution is 5.89. The molecule has 7 nitrogen and oxygen atoms in total. The highest BCUT2D eigenvalue weighted by Crippen LogP contribution is 2.37. The average molecular weight is 475 g/mol. The molecular weight excluding hydrogens is 448 g/mol. The molecule has 3 aromatic carbocycles. The fourth-order valence-electron chi connectivity index (χ4n) is 3.94. The first-order chi connectivity index (χ1) is 16.9. The van der Waals surface area contributed by atoms with Gasteiger partial charge in [-0.15, -0.1) is 0 Å². The van der Waals surface area contributed by atoms with Crippen LogP contribution in [0.4, 0.5) is 0 Å². The van der Waals surface area contributed by atoms with Gasteiger partial charge in [0, 0.05) is 5.56 Å². The molecule has 0 saturated heterocycles. The third-order valence-electron chi connectivity index (χ3n) is 5.68. The number of ether oxygens (including phenoxy) is 4. The Morgan fingerprint density at radius 2 is 1.60 bits per heavy atom. The van der Waals surface area contributed by atoms with E-state index < -0.39 is 5.97 Å². The Balaban J connectivity index is 1.82. The number of aryl methyl sites for hydroxylation is 2. The summed E-state index contributed by atoms with van der Waals surface area (Å²) in [5.74, 6) is 1.01. The molecule has 0 amide bonds. The quantitative estimate of drug-likeness (QED) is 0.329. The van der Waals surface area contributed by atoms with E-state index in [1.807, 2.05) is 19.9 Å². The van der Waals surface area contributed by atoms with Crippen LogP contribution in [0.15, 0.2) is 63.8 Å². The second-order valence-corrected chi connectivity index (χ2v) is 8.09. The lowest BCUT2D eigenvalue weighted by Crippen LogP contribution is -2.11. The summed E-state index contributed by atoms with van der Waals surface area (Å²) in [6.45, 7) is 3.93. The van der Waals surface area contributed by atoms with Crippen molar-refractivity contribution in [3.05, 3.63) is 87.1 Å². The monoisotopic (exact) mass is 474 g/mol. The number of hydrogen-bond acceptors (Lipinski definition) is 7.